The second-order valence-electron chi connectivity index (χ2n) is 6.16. The number of hydrogen-bond donors (Lipinski definition) is 0. The summed E-state index contributed by atoms with van der Waals surface area (Å²) in [7, 11) is -1.34. The second-order valence-corrected chi connectivity index (χ2v) is 11.2. The molecule has 2 atom stereocenters. The Morgan fingerprint density at radius 2 is 1.75 bits per heavy atom. The van der Waals surface area contributed by atoms with Gasteiger partial charge in [0.1, 0.15) is 0 Å². The molecular formula is C13H24O2Si. The van der Waals surface area contributed by atoms with Gasteiger partial charge in [0, 0.05) is 6.42 Å². The lowest BCUT2D eigenvalue weighted by Crippen LogP contribution is -2.45. The van der Waals surface area contributed by atoms with E-state index >= 15 is 0 Å². The molecule has 0 N–H and O–H groups in total. The lowest BCUT2D eigenvalue weighted by atomic mass is 10.0. The first-order valence-electron chi connectivity index (χ1n) is 6.42. The zero-order chi connectivity index (χ0) is 12.0. The van der Waals surface area contributed by atoms with E-state index in [2.05, 4.69) is 39.6 Å². The van der Waals surface area contributed by atoms with E-state index in [0.29, 0.717) is 0 Å². The summed E-state index contributed by atoms with van der Waals surface area (Å²) in [6.45, 7) is 11.4. The van der Waals surface area contributed by atoms with Crippen molar-refractivity contribution >= 4 is 8.07 Å². The van der Waals surface area contributed by atoms with E-state index in [1.165, 1.54) is 18.0 Å². The molecule has 0 bridgehead atoms. The minimum Gasteiger partial charge on any atom is -0.341 e. The Bertz CT molecular complexity index is 294. The highest BCUT2D eigenvalue weighted by molar-refractivity contribution is 6.83. The predicted molar refractivity (Wildman–Crippen MR) is 69.1 cm³/mol. The normalized spacial score (nSPS) is 34.2. The molecule has 1 spiro atoms. The molecule has 2 rings (SSSR count). The van der Waals surface area contributed by atoms with E-state index in [0.717, 1.165) is 6.42 Å². The van der Waals surface area contributed by atoms with Crippen LogP contribution in [0.4, 0.5) is 0 Å². The molecule has 16 heavy (non-hydrogen) atoms. The molecule has 1 saturated heterocycles. The summed E-state index contributed by atoms with van der Waals surface area (Å²) in [6.07, 6.45) is 6.25. The SMILES string of the molecule is C[C@H]1OC2(CCCC=C2[Si](C)(C)C)O[C@@H]1C. The number of rotatable bonds is 1. The summed E-state index contributed by atoms with van der Waals surface area (Å²) in [5, 5.41) is 1.47. The Morgan fingerprint density at radius 1 is 1.19 bits per heavy atom. The molecule has 92 valence electrons. The maximum Gasteiger partial charge on any atom is 0.188 e. The monoisotopic (exact) mass is 240 g/mol. The molecule has 1 fully saturated rings. The van der Waals surface area contributed by atoms with Gasteiger partial charge in [-0.1, -0.05) is 25.7 Å². The van der Waals surface area contributed by atoms with E-state index in [1.807, 2.05) is 0 Å². The second kappa shape index (κ2) is 3.97. The van der Waals surface area contributed by atoms with E-state index in [9.17, 15) is 0 Å². The van der Waals surface area contributed by atoms with Gasteiger partial charge in [-0.25, -0.2) is 0 Å². The van der Waals surface area contributed by atoms with E-state index < -0.39 is 8.07 Å². The van der Waals surface area contributed by atoms with Crippen molar-refractivity contribution in [3.8, 4) is 0 Å². The van der Waals surface area contributed by atoms with Crippen LogP contribution in [-0.4, -0.2) is 26.1 Å². The summed E-state index contributed by atoms with van der Waals surface area (Å²) in [4.78, 5) is 0. The molecule has 0 radical (unpaired) electrons. The van der Waals surface area contributed by atoms with Gasteiger partial charge < -0.3 is 9.47 Å². The minimum atomic E-state index is -1.34. The predicted octanol–water partition coefficient (Wildman–Crippen LogP) is 3.49. The Hall–Kier alpha value is -0.123. The maximum atomic E-state index is 6.19. The van der Waals surface area contributed by atoms with Gasteiger partial charge >= 0.3 is 0 Å². The molecule has 0 amide bonds. The van der Waals surface area contributed by atoms with Gasteiger partial charge in [-0.15, -0.1) is 0 Å². The van der Waals surface area contributed by atoms with Gasteiger partial charge in [-0.05, 0) is 31.9 Å². The third-order valence-electron chi connectivity index (χ3n) is 3.69. The molecular weight excluding hydrogens is 216 g/mol. The van der Waals surface area contributed by atoms with Crippen LogP contribution in [-0.2, 0) is 9.47 Å². The van der Waals surface area contributed by atoms with Crippen molar-refractivity contribution < 1.29 is 9.47 Å². The van der Waals surface area contributed by atoms with Crippen LogP contribution < -0.4 is 0 Å². The van der Waals surface area contributed by atoms with Crippen molar-refractivity contribution in [1.29, 1.82) is 0 Å². The fraction of sp³-hybridized carbons (Fsp3) is 0.846. The van der Waals surface area contributed by atoms with Crippen molar-refractivity contribution in [3.63, 3.8) is 0 Å². The van der Waals surface area contributed by atoms with Crippen LogP contribution in [0.2, 0.25) is 19.6 Å². The van der Waals surface area contributed by atoms with Gasteiger partial charge in [-0.2, -0.15) is 0 Å². The quantitative estimate of drug-likeness (QED) is 0.653. The number of hydrogen-bond acceptors (Lipinski definition) is 2. The van der Waals surface area contributed by atoms with E-state index in [-0.39, 0.29) is 18.0 Å². The maximum absolute atomic E-state index is 6.19. The van der Waals surface area contributed by atoms with Crippen LogP contribution >= 0.6 is 0 Å². The topological polar surface area (TPSA) is 18.5 Å². The molecule has 0 aromatic carbocycles. The highest BCUT2D eigenvalue weighted by Crippen LogP contribution is 2.44. The Morgan fingerprint density at radius 3 is 2.25 bits per heavy atom. The highest BCUT2D eigenvalue weighted by atomic mass is 28.3. The van der Waals surface area contributed by atoms with Crippen LogP contribution in [0, 0.1) is 0 Å². The fourth-order valence-electron chi connectivity index (χ4n) is 2.81. The first-order valence-corrected chi connectivity index (χ1v) is 9.92. The summed E-state index contributed by atoms with van der Waals surface area (Å²) in [5.74, 6) is -0.360. The Balaban J connectivity index is 2.32. The van der Waals surface area contributed by atoms with E-state index in [4.69, 9.17) is 9.47 Å². The highest BCUT2D eigenvalue weighted by Gasteiger charge is 2.50. The van der Waals surface area contributed by atoms with E-state index in [1.54, 1.807) is 0 Å². The van der Waals surface area contributed by atoms with Gasteiger partial charge in [-0.3, -0.25) is 0 Å². The molecule has 1 heterocycles. The van der Waals surface area contributed by atoms with Crippen LogP contribution in [0.1, 0.15) is 33.1 Å². The first-order chi connectivity index (χ1) is 7.35. The van der Waals surface area contributed by atoms with Gasteiger partial charge in [0.15, 0.2) is 5.79 Å². The molecule has 2 nitrogen and oxygen atoms in total. The molecule has 1 aliphatic carbocycles. The first kappa shape index (κ1) is 12.3. The van der Waals surface area contributed by atoms with Gasteiger partial charge in [0.25, 0.3) is 0 Å². The summed E-state index contributed by atoms with van der Waals surface area (Å²) >= 11 is 0. The van der Waals surface area contributed by atoms with Crippen LogP contribution in [0.3, 0.4) is 0 Å². The number of ether oxygens (including phenoxy) is 2. The standard InChI is InChI=1S/C13H24O2Si/c1-10-11(2)15-13(14-10)9-7-6-8-12(13)16(3,4)5/h8,10-11H,6-7,9H2,1-5H3/t10-,11-/m1/s1. The zero-order valence-corrected chi connectivity index (χ0v) is 12.2. The van der Waals surface area contributed by atoms with Crippen molar-refractivity contribution in [3.05, 3.63) is 11.3 Å². The summed E-state index contributed by atoms with van der Waals surface area (Å²) in [5.41, 5.74) is 0. The fourth-order valence-corrected chi connectivity index (χ4v) is 4.96. The van der Waals surface area contributed by atoms with Crippen molar-refractivity contribution in [1.82, 2.24) is 0 Å². The third-order valence-corrected chi connectivity index (χ3v) is 5.89. The van der Waals surface area contributed by atoms with Crippen LogP contribution in [0.5, 0.6) is 0 Å². The molecule has 0 aromatic heterocycles. The van der Waals surface area contributed by atoms with Crippen LogP contribution in [0.25, 0.3) is 0 Å². The molecule has 0 aromatic rings. The van der Waals surface area contributed by atoms with Crippen molar-refractivity contribution in [2.45, 2.75) is 70.7 Å². The average Bonchev–Trinajstić information content (AvgIpc) is 2.41. The average molecular weight is 240 g/mol. The largest absolute Gasteiger partial charge is 0.341 e. The molecule has 0 unspecified atom stereocenters. The molecule has 0 saturated carbocycles. The Kier molecular flexibility index (Phi) is 3.06. The summed E-state index contributed by atoms with van der Waals surface area (Å²) < 4.78 is 12.4. The Labute approximate surface area is 100 Å². The number of allylic oxidation sites excluding steroid dienone is 1. The van der Waals surface area contributed by atoms with Gasteiger partial charge in [0.2, 0.25) is 0 Å². The van der Waals surface area contributed by atoms with Crippen molar-refractivity contribution in [2.75, 3.05) is 0 Å². The lowest BCUT2D eigenvalue weighted by molar-refractivity contribution is -0.146. The van der Waals surface area contributed by atoms with Crippen LogP contribution in [0.15, 0.2) is 11.3 Å². The minimum absolute atomic E-state index is 0.220. The molecule has 1 aliphatic heterocycles. The molecule has 3 heteroatoms. The van der Waals surface area contributed by atoms with Gasteiger partial charge in [0.05, 0.1) is 20.3 Å². The molecule has 2 aliphatic rings. The zero-order valence-electron chi connectivity index (χ0n) is 11.2. The lowest BCUT2D eigenvalue weighted by Gasteiger charge is -2.39. The van der Waals surface area contributed by atoms with Crippen molar-refractivity contribution in [2.24, 2.45) is 0 Å². The smallest absolute Gasteiger partial charge is 0.188 e. The summed E-state index contributed by atoms with van der Waals surface area (Å²) in [6, 6.07) is 0. The third kappa shape index (κ3) is 2.00.